The number of carbonyl (C=O) groups excluding carboxylic acids is 1. The van der Waals surface area contributed by atoms with E-state index in [9.17, 15) is 4.79 Å². The van der Waals surface area contributed by atoms with E-state index in [1.807, 2.05) is 6.92 Å². The molecule has 1 amide bonds. The lowest BCUT2D eigenvalue weighted by Gasteiger charge is -2.30. The molecular formula is C14H31N3O. The molecule has 18 heavy (non-hydrogen) atoms. The Morgan fingerprint density at radius 2 is 1.72 bits per heavy atom. The van der Waals surface area contributed by atoms with Gasteiger partial charge in [-0.1, -0.05) is 6.92 Å². The predicted molar refractivity (Wildman–Crippen MR) is 77.4 cm³/mol. The molecule has 0 fully saturated rings. The van der Waals surface area contributed by atoms with E-state index in [0.29, 0.717) is 18.6 Å². The summed E-state index contributed by atoms with van der Waals surface area (Å²) in [5, 5.41) is 3.01. The highest BCUT2D eigenvalue weighted by Gasteiger charge is 2.15. The molecule has 1 atom stereocenters. The average molecular weight is 257 g/mol. The summed E-state index contributed by atoms with van der Waals surface area (Å²) in [5.74, 6) is 0.219. The molecule has 3 N–H and O–H groups in total. The van der Waals surface area contributed by atoms with Gasteiger partial charge in [0, 0.05) is 31.1 Å². The van der Waals surface area contributed by atoms with Crippen LogP contribution in [0.5, 0.6) is 0 Å². The predicted octanol–water partition coefficient (Wildman–Crippen LogP) is 1.60. The van der Waals surface area contributed by atoms with Crippen LogP contribution < -0.4 is 11.1 Å². The lowest BCUT2D eigenvalue weighted by atomic mass is 10.1. The molecule has 0 heterocycles. The van der Waals surface area contributed by atoms with Crippen molar-refractivity contribution in [2.24, 2.45) is 11.7 Å². The summed E-state index contributed by atoms with van der Waals surface area (Å²) in [5.41, 5.74) is 5.45. The second-order valence-corrected chi connectivity index (χ2v) is 5.55. The highest BCUT2D eigenvalue weighted by molar-refractivity contribution is 5.78. The van der Waals surface area contributed by atoms with Crippen molar-refractivity contribution in [1.82, 2.24) is 10.2 Å². The van der Waals surface area contributed by atoms with Crippen molar-refractivity contribution in [3.05, 3.63) is 0 Å². The molecule has 4 nitrogen and oxygen atoms in total. The van der Waals surface area contributed by atoms with Crippen LogP contribution in [0.4, 0.5) is 0 Å². The molecule has 108 valence electrons. The molecule has 0 aliphatic heterocycles. The van der Waals surface area contributed by atoms with Gasteiger partial charge in [-0.3, -0.25) is 9.69 Å². The van der Waals surface area contributed by atoms with E-state index in [-0.39, 0.29) is 11.8 Å². The van der Waals surface area contributed by atoms with E-state index >= 15 is 0 Å². The van der Waals surface area contributed by atoms with Crippen LogP contribution in [0.15, 0.2) is 0 Å². The van der Waals surface area contributed by atoms with Crippen molar-refractivity contribution in [2.45, 2.75) is 59.5 Å². The second kappa shape index (κ2) is 9.34. The normalized spacial score (nSPS) is 13.4. The molecule has 0 aliphatic rings. The zero-order chi connectivity index (χ0) is 14.1. The minimum absolute atomic E-state index is 0.0695. The average Bonchev–Trinajstić information content (AvgIpc) is 2.30. The van der Waals surface area contributed by atoms with Gasteiger partial charge in [-0.25, -0.2) is 0 Å². The van der Waals surface area contributed by atoms with Crippen molar-refractivity contribution in [2.75, 3.05) is 19.6 Å². The number of amides is 1. The number of nitrogens with one attached hydrogen (secondary N) is 1. The fourth-order valence-electron chi connectivity index (χ4n) is 2.15. The van der Waals surface area contributed by atoms with Gasteiger partial charge in [0.1, 0.15) is 0 Å². The molecule has 0 aromatic heterocycles. The van der Waals surface area contributed by atoms with Gasteiger partial charge in [0.15, 0.2) is 0 Å². The Morgan fingerprint density at radius 3 is 2.17 bits per heavy atom. The van der Waals surface area contributed by atoms with Gasteiger partial charge in [0.25, 0.3) is 0 Å². The molecule has 0 aromatic rings. The summed E-state index contributed by atoms with van der Waals surface area (Å²) in [4.78, 5) is 14.2. The summed E-state index contributed by atoms with van der Waals surface area (Å²) in [6.45, 7) is 13.0. The fraction of sp³-hybridized carbons (Fsp3) is 0.929. The van der Waals surface area contributed by atoms with Gasteiger partial charge < -0.3 is 11.1 Å². The monoisotopic (exact) mass is 257 g/mol. The van der Waals surface area contributed by atoms with Crippen molar-refractivity contribution >= 4 is 5.91 Å². The molecule has 0 rings (SSSR count). The number of hydrogen-bond donors (Lipinski definition) is 2. The van der Waals surface area contributed by atoms with Gasteiger partial charge in [-0.2, -0.15) is 0 Å². The lowest BCUT2D eigenvalue weighted by molar-refractivity contribution is -0.124. The zero-order valence-corrected chi connectivity index (χ0v) is 12.7. The van der Waals surface area contributed by atoms with Crippen LogP contribution in [0.2, 0.25) is 0 Å². The SMILES string of the molecule is CC(CCCN)C(=O)NCCN(C(C)C)C(C)C. The Labute approximate surface area is 112 Å². The van der Waals surface area contributed by atoms with E-state index in [1.165, 1.54) is 0 Å². The molecular weight excluding hydrogens is 226 g/mol. The van der Waals surface area contributed by atoms with E-state index < -0.39 is 0 Å². The molecule has 0 bridgehead atoms. The van der Waals surface area contributed by atoms with Gasteiger partial charge in [-0.15, -0.1) is 0 Å². The first-order valence-corrected chi connectivity index (χ1v) is 7.13. The Bertz CT molecular complexity index is 221. The summed E-state index contributed by atoms with van der Waals surface area (Å²) in [6.07, 6.45) is 1.79. The summed E-state index contributed by atoms with van der Waals surface area (Å²) < 4.78 is 0. The molecule has 0 saturated carbocycles. The zero-order valence-electron chi connectivity index (χ0n) is 12.7. The second-order valence-electron chi connectivity index (χ2n) is 5.55. The number of nitrogens with zero attached hydrogens (tertiary/aromatic N) is 1. The van der Waals surface area contributed by atoms with Crippen molar-refractivity contribution in [1.29, 1.82) is 0 Å². The highest BCUT2D eigenvalue weighted by Crippen LogP contribution is 2.05. The number of nitrogens with two attached hydrogens (primary N) is 1. The van der Waals surface area contributed by atoms with Crippen LogP contribution in [-0.4, -0.2) is 42.5 Å². The van der Waals surface area contributed by atoms with Crippen LogP contribution in [0, 0.1) is 5.92 Å². The molecule has 0 aliphatic carbocycles. The van der Waals surface area contributed by atoms with Crippen LogP contribution in [0.3, 0.4) is 0 Å². The molecule has 0 saturated heterocycles. The largest absolute Gasteiger partial charge is 0.355 e. The van der Waals surface area contributed by atoms with E-state index in [0.717, 1.165) is 25.9 Å². The Balaban J connectivity index is 3.91. The molecule has 1 unspecified atom stereocenters. The van der Waals surface area contributed by atoms with Crippen LogP contribution >= 0.6 is 0 Å². The summed E-state index contributed by atoms with van der Waals surface area (Å²) in [7, 11) is 0. The quantitative estimate of drug-likeness (QED) is 0.659. The minimum Gasteiger partial charge on any atom is -0.355 e. The molecule has 0 spiro atoms. The first-order valence-electron chi connectivity index (χ1n) is 7.13. The third-order valence-electron chi connectivity index (χ3n) is 3.28. The Morgan fingerprint density at radius 1 is 1.17 bits per heavy atom. The van der Waals surface area contributed by atoms with Crippen LogP contribution in [-0.2, 0) is 4.79 Å². The van der Waals surface area contributed by atoms with Gasteiger partial charge in [-0.05, 0) is 47.1 Å². The topological polar surface area (TPSA) is 58.4 Å². The van der Waals surface area contributed by atoms with Crippen molar-refractivity contribution in [3.63, 3.8) is 0 Å². The number of carbonyl (C=O) groups is 1. The molecule has 4 heteroatoms. The fourth-order valence-corrected chi connectivity index (χ4v) is 2.15. The Hall–Kier alpha value is -0.610. The number of hydrogen-bond acceptors (Lipinski definition) is 3. The van der Waals surface area contributed by atoms with Gasteiger partial charge >= 0.3 is 0 Å². The summed E-state index contributed by atoms with van der Waals surface area (Å²) >= 11 is 0. The molecule has 0 radical (unpaired) electrons. The highest BCUT2D eigenvalue weighted by atomic mass is 16.1. The third-order valence-corrected chi connectivity index (χ3v) is 3.28. The lowest BCUT2D eigenvalue weighted by Crippen LogP contribution is -2.43. The Kier molecular flexibility index (Phi) is 9.02. The van der Waals surface area contributed by atoms with Crippen molar-refractivity contribution < 1.29 is 4.79 Å². The maximum absolute atomic E-state index is 11.8. The van der Waals surface area contributed by atoms with E-state index in [1.54, 1.807) is 0 Å². The van der Waals surface area contributed by atoms with E-state index in [4.69, 9.17) is 5.73 Å². The van der Waals surface area contributed by atoms with E-state index in [2.05, 4.69) is 37.9 Å². The van der Waals surface area contributed by atoms with Crippen LogP contribution in [0.1, 0.15) is 47.5 Å². The van der Waals surface area contributed by atoms with Gasteiger partial charge in [0.2, 0.25) is 5.91 Å². The minimum atomic E-state index is 0.0695. The summed E-state index contributed by atoms with van der Waals surface area (Å²) in [6, 6.07) is 1.02. The third kappa shape index (κ3) is 6.97. The van der Waals surface area contributed by atoms with Crippen molar-refractivity contribution in [3.8, 4) is 0 Å². The van der Waals surface area contributed by atoms with Gasteiger partial charge in [0.05, 0.1) is 0 Å². The maximum Gasteiger partial charge on any atom is 0.222 e. The smallest absolute Gasteiger partial charge is 0.222 e. The number of rotatable bonds is 9. The molecule has 0 aromatic carbocycles. The first kappa shape index (κ1) is 17.4. The standard InChI is InChI=1S/C14H31N3O/c1-11(2)17(12(3)4)10-9-16-14(18)13(5)7-6-8-15/h11-13H,6-10,15H2,1-5H3,(H,16,18). The first-order chi connectivity index (χ1) is 8.40. The van der Waals surface area contributed by atoms with Crippen LogP contribution in [0.25, 0.3) is 0 Å². The maximum atomic E-state index is 11.8.